The second-order valence-corrected chi connectivity index (χ2v) is 6.07. The van der Waals surface area contributed by atoms with Crippen LogP contribution in [0.25, 0.3) is 0 Å². The first kappa shape index (κ1) is 16.1. The van der Waals surface area contributed by atoms with Gasteiger partial charge in [-0.05, 0) is 30.8 Å². The Morgan fingerprint density at radius 3 is 2.78 bits per heavy atom. The molecular formula is C18H21ClN2O2. The van der Waals surface area contributed by atoms with E-state index in [1.54, 1.807) is 0 Å². The zero-order valence-corrected chi connectivity index (χ0v) is 13.8. The number of aliphatic hydroxyl groups is 1. The zero-order chi connectivity index (χ0) is 16.2. The molecule has 3 rings (SSSR count). The summed E-state index contributed by atoms with van der Waals surface area (Å²) in [7, 11) is 1.84. The third-order valence-electron chi connectivity index (χ3n) is 4.07. The van der Waals surface area contributed by atoms with Crippen molar-refractivity contribution in [2.24, 2.45) is 0 Å². The van der Waals surface area contributed by atoms with Gasteiger partial charge in [-0.3, -0.25) is 0 Å². The highest BCUT2D eigenvalue weighted by Crippen LogP contribution is 2.39. The first-order valence-electron chi connectivity index (χ1n) is 7.77. The lowest BCUT2D eigenvalue weighted by Gasteiger charge is -2.40. The van der Waals surface area contributed by atoms with E-state index < -0.39 is 6.10 Å². The molecule has 2 aromatic carbocycles. The molecule has 1 aliphatic heterocycles. The van der Waals surface area contributed by atoms with Crippen molar-refractivity contribution in [3.8, 4) is 5.75 Å². The van der Waals surface area contributed by atoms with E-state index in [9.17, 15) is 5.11 Å². The lowest BCUT2D eigenvalue weighted by atomic mass is 9.98. The molecule has 1 aliphatic rings. The minimum Gasteiger partial charge on any atom is -0.490 e. The molecule has 0 radical (unpaired) electrons. The van der Waals surface area contributed by atoms with Crippen LogP contribution in [0.15, 0.2) is 48.5 Å². The number of anilines is 1. The van der Waals surface area contributed by atoms with E-state index in [1.165, 1.54) is 0 Å². The number of likely N-dealkylation sites (N-methyl/N-ethyl adjacent to an activating group) is 1. The van der Waals surface area contributed by atoms with Crippen molar-refractivity contribution in [1.82, 2.24) is 5.32 Å². The molecule has 0 saturated heterocycles. The van der Waals surface area contributed by atoms with E-state index in [4.69, 9.17) is 16.3 Å². The van der Waals surface area contributed by atoms with Gasteiger partial charge in [-0.1, -0.05) is 41.9 Å². The molecule has 23 heavy (non-hydrogen) atoms. The van der Waals surface area contributed by atoms with E-state index in [1.807, 2.05) is 55.6 Å². The van der Waals surface area contributed by atoms with Crippen molar-refractivity contribution >= 4 is 17.3 Å². The summed E-state index contributed by atoms with van der Waals surface area (Å²) in [6.07, 6.45) is -0.549. The fraction of sp³-hybridized carbons (Fsp3) is 0.333. The van der Waals surface area contributed by atoms with Crippen LogP contribution in [0.4, 0.5) is 5.69 Å². The molecule has 1 heterocycles. The second-order valence-electron chi connectivity index (χ2n) is 5.63. The Bertz CT molecular complexity index is 651. The molecule has 2 N–H and O–H groups in total. The molecule has 0 saturated carbocycles. The van der Waals surface area contributed by atoms with Gasteiger partial charge in [0.25, 0.3) is 0 Å². The van der Waals surface area contributed by atoms with Crippen LogP contribution < -0.4 is 15.0 Å². The summed E-state index contributed by atoms with van der Waals surface area (Å²) in [6.45, 7) is 1.80. The van der Waals surface area contributed by atoms with Crippen molar-refractivity contribution < 1.29 is 9.84 Å². The Balaban J connectivity index is 2.03. The molecule has 5 heteroatoms. The maximum Gasteiger partial charge on any atom is 0.142 e. The van der Waals surface area contributed by atoms with Crippen molar-refractivity contribution in [2.75, 3.05) is 31.6 Å². The molecule has 4 nitrogen and oxygen atoms in total. The van der Waals surface area contributed by atoms with Gasteiger partial charge in [0.2, 0.25) is 0 Å². The number of nitrogens with one attached hydrogen (secondary N) is 1. The molecule has 2 aromatic rings. The van der Waals surface area contributed by atoms with E-state index in [-0.39, 0.29) is 6.04 Å². The standard InChI is InChI=1S/C18H21ClN2O2/c1-20-12-16(22)18(13-5-3-2-4-6-13)21-9-10-23-17-8-7-14(19)11-15(17)21/h2-8,11,16,18,20,22H,9-10,12H2,1H3/t16-,18-/m0/s1. The molecule has 0 fully saturated rings. The highest BCUT2D eigenvalue weighted by atomic mass is 35.5. The summed E-state index contributed by atoms with van der Waals surface area (Å²) in [4.78, 5) is 2.18. The van der Waals surface area contributed by atoms with Gasteiger partial charge in [0.1, 0.15) is 12.4 Å². The van der Waals surface area contributed by atoms with Crippen LogP contribution in [0.5, 0.6) is 5.75 Å². The van der Waals surface area contributed by atoms with Crippen LogP contribution in [0.3, 0.4) is 0 Å². The maximum absolute atomic E-state index is 10.7. The van der Waals surface area contributed by atoms with Gasteiger partial charge >= 0.3 is 0 Å². The highest BCUT2D eigenvalue weighted by molar-refractivity contribution is 6.31. The number of halogens is 1. The molecule has 122 valence electrons. The number of aliphatic hydroxyl groups excluding tert-OH is 1. The average molecular weight is 333 g/mol. The SMILES string of the molecule is CNC[C@H](O)[C@H](c1ccccc1)N1CCOc2ccc(Cl)cc21. The molecule has 0 aliphatic carbocycles. The minimum absolute atomic E-state index is 0.162. The number of rotatable bonds is 5. The van der Waals surface area contributed by atoms with Gasteiger partial charge in [-0.15, -0.1) is 0 Å². The number of fused-ring (bicyclic) bond motifs is 1. The van der Waals surface area contributed by atoms with Crippen molar-refractivity contribution in [1.29, 1.82) is 0 Å². The summed E-state index contributed by atoms with van der Waals surface area (Å²) < 4.78 is 5.74. The van der Waals surface area contributed by atoms with E-state index in [0.29, 0.717) is 24.7 Å². The minimum atomic E-state index is -0.549. The van der Waals surface area contributed by atoms with Crippen molar-refractivity contribution in [2.45, 2.75) is 12.1 Å². The Morgan fingerprint density at radius 1 is 1.26 bits per heavy atom. The van der Waals surface area contributed by atoms with Crippen LogP contribution in [-0.2, 0) is 0 Å². The number of hydrogen-bond donors (Lipinski definition) is 2. The van der Waals surface area contributed by atoms with E-state index in [0.717, 1.165) is 17.0 Å². The fourth-order valence-corrected chi connectivity index (χ4v) is 3.25. The fourth-order valence-electron chi connectivity index (χ4n) is 3.08. The van der Waals surface area contributed by atoms with Crippen LogP contribution in [0.2, 0.25) is 5.02 Å². The topological polar surface area (TPSA) is 44.7 Å². The maximum atomic E-state index is 10.7. The van der Waals surface area contributed by atoms with Gasteiger partial charge in [0.15, 0.2) is 0 Å². The first-order chi connectivity index (χ1) is 11.2. The Morgan fingerprint density at radius 2 is 2.04 bits per heavy atom. The number of ether oxygens (including phenoxy) is 1. The number of hydrogen-bond acceptors (Lipinski definition) is 4. The summed E-state index contributed by atoms with van der Waals surface area (Å²) in [6, 6.07) is 15.5. The van der Waals surface area contributed by atoms with Gasteiger partial charge in [0.05, 0.1) is 24.4 Å². The summed E-state index contributed by atoms with van der Waals surface area (Å²) >= 11 is 6.18. The summed E-state index contributed by atoms with van der Waals surface area (Å²) in [5, 5.41) is 14.5. The van der Waals surface area contributed by atoms with Gasteiger partial charge in [0, 0.05) is 11.6 Å². The third-order valence-corrected chi connectivity index (χ3v) is 4.31. The second kappa shape index (κ2) is 7.21. The van der Waals surface area contributed by atoms with E-state index in [2.05, 4.69) is 10.2 Å². The van der Waals surface area contributed by atoms with Crippen molar-refractivity contribution in [3.63, 3.8) is 0 Å². The van der Waals surface area contributed by atoms with Gasteiger partial charge in [-0.25, -0.2) is 0 Å². The van der Waals surface area contributed by atoms with Crippen LogP contribution in [0, 0.1) is 0 Å². The zero-order valence-electron chi connectivity index (χ0n) is 13.1. The number of nitrogens with zero attached hydrogens (tertiary/aromatic N) is 1. The molecule has 0 amide bonds. The lowest BCUT2D eigenvalue weighted by Crippen LogP contribution is -2.44. The lowest BCUT2D eigenvalue weighted by molar-refractivity contribution is 0.135. The van der Waals surface area contributed by atoms with Crippen LogP contribution >= 0.6 is 11.6 Å². The summed E-state index contributed by atoms with van der Waals surface area (Å²) in [5.74, 6) is 0.804. The third kappa shape index (κ3) is 3.44. The molecular weight excluding hydrogens is 312 g/mol. The smallest absolute Gasteiger partial charge is 0.142 e. The molecule has 0 unspecified atom stereocenters. The average Bonchev–Trinajstić information content (AvgIpc) is 2.57. The normalized spacial score (nSPS) is 16.4. The molecule has 2 atom stereocenters. The van der Waals surface area contributed by atoms with E-state index >= 15 is 0 Å². The van der Waals surface area contributed by atoms with Gasteiger partial charge in [-0.2, -0.15) is 0 Å². The molecule has 0 bridgehead atoms. The Labute approximate surface area is 141 Å². The van der Waals surface area contributed by atoms with Crippen LogP contribution in [-0.4, -0.2) is 38.0 Å². The predicted octanol–water partition coefficient (Wildman–Crippen LogP) is 2.86. The van der Waals surface area contributed by atoms with Crippen LogP contribution in [0.1, 0.15) is 11.6 Å². The Kier molecular flexibility index (Phi) is 5.06. The monoisotopic (exact) mass is 332 g/mol. The largest absolute Gasteiger partial charge is 0.490 e. The predicted molar refractivity (Wildman–Crippen MR) is 93.4 cm³/mol. The highest BCUT2D eigenvalue weighted by Gasteiger charge is 2.31. The van der Waals surface area contributed by atoms with Crippen molar-refractivity contribution in [3.05, 3.63) is 59.1 Å². The molecule has 0 aromatic heterocycles. The summed E-state index contributed by atoms with van der Waals surface area (Å²) in [5.41, 5.74) is 2.00. The quantitative estimate of drug-likeness (QED) is 0.883. The first-order valence-corrected chi connectivity index (χ1v) is 8.15. The molecule has 0 spiro atoms. The Hall–Kier alpha value is -1.75. The van der Waals surface area contributed by atoms with Gasteiger partial charge < -0.3 is 20.1 Å². The number of benzene rings is 2.